The normalized spacial score (nSPS) is 19.2. The zero-order valence-corrected chi connectivity index (χ0v) is 21.0. The predicted octanol–water partition coefficient (Wildman–Crippen LogP) is 5.38. The third-order valence-electron chi connectivity index (χ3n) is 7.68. The minimum atomic E-state index is 0.189. The maximum Gasteiger partial charge on any atom is 0.164 e. The van der Waals surface area contributed by atoms with Crippen LogP contribution >= 0.6 is 11.6 Å². The molecule has 2 saturated heterocycles. The highest BCUT2D eigenvalue weighted by molar-refractivity contribution is 6.33. The number of likely N-dealkylation sites (N-methyl/N-ethyl adjacent to an activating group) is 1. The van der Waals surface area contributed by atoms with E-state index in [4.69, 9.17) is 21.7 Å². The number of nitrogens with zero attached hydrogens (tertiary/aromatic N) is 6. The first-order chi connectivity index (χ1) is 18.1. The van der Waals surface area contributed by atoms with Gasteiger partial charge in [-0.3, -0.25) is 9.88 Å². The van der Waals surface area contributed by atoms with Crippen LogP contribution in [0, 0.1) is 0 Å². The van der Waals surface area contributed by atoms with Crippen molar-refractivity contribution in [1.29, 1.82) is 0 Å². The van der Waals surface area contributed by atoms with Crippen molar-refractivity contribution in [3.8, 4) is 39.4 Å². The fourth-order valence-corrected chi connectivity index (χ4v) is 6.13. The largest absolute Gasteiger partial charge is 0.508 e. The first-order valence-electron chi connectivity index (χ1n) is 12.4. The van der Waals surface area contributed by atoms with E-state index in [-0.39, 0.29) is 5.75 Å². The quantitative estimate of drug-likeness (QED) is 0.351. The molecule has 0 aliphatic carbocycles. The van der Waals surface area contributed by atoms with Gasteiger partial charge < -0.3 is 10.0 Å². The van der Waals surface area contributed by atoms with E-state index in [2.05, 4.69) is 40.0 Å². The molecular weight excluding hydrogens is 484 g/mol. The molecular formula is C29H25ClN6O. The van der Waals surface area contributed by atoms with Crippen molar-refractivity contribution in [3.63, 3.8) is 0 Å². The Morgan fingerprint density at radius 1 is 0.919 bits per heavy atom. The van der Waals surface area contributed by atoms with E-state index in [0.29, 0.717) is 22.8 Å². The monoisotopic (exact) mass is 508 g/mol. The zero-order valence-electron chi connectivity index (χ0n) is 20.3. The van der Waals surface area contributed by atoms with Gasteiger partial charge in [-0.05, 0) is 67.6 Å². The van der Waals surface area contributed by atoms with Gasteiger partial charge in [-0.25, -0.2) is 9.50 Å². The number of piperazine rings is 1. The Hall–Kier alpha value is -3.94. The number of hydrogen-bond acceptors (Lipinski definition) is 6. The molecule has 1 N–H and O–H groups in total. The van der Waals surface area contributed by atoms with E-state index >= 15 is 0 Å². The first kappa shape index (κ1) is 22.3. The van der Waals surface area contributed by atoms with Crippen LogP contribution in [0.15, 0.2) is 79.3 Å². The van der Waals surface area contributed by atoms with Crippen LogP contribution in [0.4, 0.5) is 5.69 Å². The Bertz CT molecular complexity index is 1630. The summed E-state index contributed by atoms with van der Waals surface area (Å²) in [5.74, 6) is 0.189. The number of anilines is 1. The number of hydrogen-bond donors (Lipinski definition) is 1. The number of likely N-dealkylation sites (tertiary alicyclic amines) is 1. The lowest BCUT2D eigenvalue weighted by Gasteiger charge is -2.33. The van der Waals surface area contributed by atoms with Crippen LogP contribution in [0.2, 0.25) is 5.02 Å². The van der Waals surface area contributed by atoms with E-state index in [1.165, 1.54) is 6.42 Å². The maximum atomic E-state index is 10.2. The van der Waals surface area contributed by atoms with Gasteiger partial charge in [-0.1, -0.05) is 23.7 Å². The van der Waals surface area contributed by atoms with Gasteiger partial charge in [0.15, 0.2) is 5.65 Å². The van der Waals surface area contributed by atoms with Crippen LogP contribution in [-0.2, 0) is 0 Å². The number of pyridine rings is 1. The summed E-state index contributed by atoms with van der Waals surface area (Å²) in [4.78, 5) is 13.8. The lowest BCUT2D eigenvalue weighted by molar-refractivity contribution is 0.292. The van der Waals surface area contributed by atoms with Gasteiger partial charge >= 0.3 is 0 Å². The molecule has 0 unspecified atom stereocenters. The molecule has 5 aromatic rings. The Morgan fingerprint density at radius 2 is 1.78 bits per heavy atom. The highest BCUT2D eigenvalue weighted by Gasteiger charge is 2.41. The standard InChI is InChI=1S/C29H25ClN6O/c1-34-16-22-14-21(34)17-35(22)20-5-6-24(25(30)15-20)26-9-12-32-29-27(19-3-2-4-23(37)13-19)28(33-36(26)29)18-7-10-31-11-8-18/h2-13,15,21-22,37H,14,16-17H2,1H3/t21-,22+/m0/s1. The number of aromatic nitrogens is 4. The molecule has 2 aliphatic heterocycles. The average molecular weight is 509 g/mol. The summed E-state index contributed by atoms with van der Waals surface area (Å²) in [6.07, 6.45) is 6.49. The molecule has 2 fully saturated rings. The highest BCUT2D eigenvalue weighted by atomic mass is 35.5. The molecule has 7 rings (SSSR count). The summed E-state index contributed by atoms with van der Waals surface area (Å²) in [6, 6.07) is 20.5. The Balaban J connectivity index is 1.37. The molecule has 7 nitrogen and oxygen atoms in total. The van der Waals surface area contributed by atoms with Crippen LogP contribution in [-0.4, -0.2) is 61.8 Å². The van der Waals surface area contributed by atoms with Gasteiger partial charge in [-0.15, -0.1) is 0 Å². The summed E-state index contributed by atoms with van der Waals surface area (Å²) in [7, 11) is 2.21. The summed E-state index contributed by atoms with van der Waals surface area (Å²) in [5.41, 5.74) is 6.96. The summed E-state index contributed by atoms with van der Waals surface area (Å²) in [6.45, 7) is 2.13. The second-order valence-electron chi connectivity index (χ2n) is 9.87. The number of phenolic OH excluding ortho intramolecular Hbond substituents is 1. The van der Waals surface area contributed by atoms with E-state index in [9.17, 15) is 5.11 Å². The molecule has 0 saturated carbocycles. The molecule has 2 aromatic carbocycles. The number of fused-ring (bicyclic) bond motifs is 3. The van der Waals surface area contributed by atoms with Crippen LogP contribution in [0.5, 0.6) is 5.75 Å². The minimum Gasteiger partial charge on any atom is -0.508 e. The van der Waals surface area contributed by atoms with E-state index in [1.54, 1.807) is 30.7 Å². The van der Waals surface area contributed by atoms with Crippen molar-refractivity contribution < 1.29 is 5.11 Å². The molecule has 8 heteroatoms. The van der Waals surface area contributed by atoms with Gasteiger partial charge in [0.1, 0.15) is 11.4 Å². The van der Waals surface area contributed by atoms with E-state index in [0.717, 1.165) is 52.4 Å². The number of aromatic hydroxyl groups is 1. The molecule has 2 aliphatic rings. The third kappa shape index (κ3) is 3.65. The maximum absolute atomic E-state index is 10.2. The second kappa shape index (κ2) is 8.57. The van der Waals surface area contributed by atoms with Gasteiger partial charge in [0.25, 0.3) is 0 Å². The second-order valence-corrected chi connectivity index (χ2v) is 10.3. The Morgan fingerprint density at radius 3 is 2.51 bits per heavy atom. The van der Waals surface area contributed by atoms with Crippen molar-refractivity contribution in [2.75, 3.05) is 25.0 Å². The van der Waals surface area contributed by atoms with Crippen LogP contribution < -0.4 is 4.90 Å². The SMILES string of the molecule is CN1C[C@H]2C[C@H]1CN2c1ccc(-c2ccnc3c(-c4cccc(O)c4)c(-c4ccncc4)nn23)c(Cl)c1. The van der Waals surface area contributed by atoms with Crippen LogP contribution in [0.25, 0.3) is 39.3 Å². The zero-order chi connectivity index (χ0) is 25.1. The van der Waals surface area contributed by atoms with Crippen molar-refractivity contribution in [2.24, 2.45) is 0 Å². The topological polar surface area (TPSA) is 69.8 Å². The Labute approximate surface area is 219 Å². The molecule has 0 spiro atoms. The fraction of sp³-hybridized carbons (Fsp3) is 0.207. The molecule has 2 atom stereocenters. The summed E-state index contributed by atoms with van der Waals surface area (Å²) < 4.78 is 1.85. The van der Waals surface area contributed by atoms with Crippen LogP contribution in [0.3, 0.4) is 0 Å². The van der Waals surface area contributed by atoms with Gasteiger partial charge in [0, 0.05) is 60.6 Å². The molecule has 0 amide bonds. The van der Waals surface area contributed by atoms with Crippen molar-refractivity contribution >= 4 is 22.9 Å². The average Bonchev–Trinajstić information content (AvgIpc) is 3.61. The van der Waals surface area contributed by atoms with Gasteiger partial charge in [-0.2, -0.15) is 5.10 Å². The van der Waals surface area contributed by atoms with Gasteiger partial charge in [0.05, 0.1) is 16.3 Å². The molecule has 2 bridgehead atoms. The number of halogens is 1. The minimum absolute atomic E-state index is 0.189. The van der Waals surface area contributed by atoms with Crippen molar-refractivity contribution in [3.05, 3.63) is 84.3 Å². The highest BCUT2D eigenvalue weighted by Crippen LogP contribution is 2.40. The fourth-order valence-electron chi connectivity index (χ4n) is 5.86. The van der Waals surface area contributed by atoms with Gasteiger partial charge in [0.2, 0.25) is 0 Å². The molecule has 0 radical (unpaired) electrons. The van der Waals surface area contributed by atoms with E-state index in [1.807, 2.05) is 34.8 Å². The molecule has 184 valence electrons. The van der Waals surface area contributed by atoms with E-state index < -0.39 is 0 Å². The molecule has 5 heterocycles. The lowest BCUT2D eigenvalue weighted by Crippen LogP contribution is -2.44. The third-order valence-corrected chi connectivity index (χ3v) is 7.99. The predicted molar refractivity (Wildman–Crippen MR) is 146 cm³/mol. The van der Waals surface area contributed by atoms with Crippen molar-refractivity contribution in [1.82, 2.24) is 24.5 Å². The van der Waals surface area contributed by atoms with Crippen LogP contribution in [0.1, 0.15) is 6.42 Å². The molecule has 3 aromatic heterocycles. The number of benzene rings is 2. The Kier molecular flexibility index (Phi) is 5.16. The molecule has 37 heavy (non-hydrogen) atoms. The van der Waals surface area contributed by atoms with Crippen molar-refractivity contribution in [2.45, 2.75) is 18.5 Å². The number of phenols is 1. The first-order valence-corrected chi connectivity index (χ1v) is 12.8. The number of rotatable bonds is 4. The lowest BCUT2D eigenvalue weighted by atomic mass is 10.0. The smallest absolute Gasteiger partial charge is 0.164 e. The summed E-state index contributed by atoms with van der Waals surface area (Å²) in [5, 5.41) is 15.9. The summed E-state index contributed by atoms with van der Waals surface area (Å²) >= 11 is 6.93.